The first-order valence-electron chi connectivity index (χ1n) is 6.96. The van der Waals surface area contributed by atoms with Gasteiger partial charge in [0.2, 0.25) is 0 Å². The molecule has 2 bridgehead atoms. The Morgan fingerprint density at radius 2 is 1.95 bits per heavy atom. The van der Waals surface area contributed by atoms with E-state index in [4.69, 9.17) is 9.47 Å². The Bertz CT molecular complexity index is 694. The van der Waals surface area contributed by atoms with Gasteiger partial charge in [-0.25, -0.2) is 4.79 Å². The molecule has 6 nitrogen and oxygen atoms in total. The third-order valence-electron chi connectivity index (χ3n) is 4.33. The van der Waals surface area contributed by atoms with Gasteiger partial charge in [0, 0.05) is 0 Å². The first kappa shape index (κ1) is 13.2. The summed E-state index contributed by atoms with van der Waals surface area (Å²) in [5, 5.41) is 0. The van der Waals surface area contributed by atoms with Crippen molar-refractivity contribution >= 4 is 17.9 Å². The Labute approximate surface area is 125 Å². The van der Waals surface area contributed by atoms with E-state index in [1.807, 2.05) is 0 Å². The quantitative estimate of drug-likeness (QED) is 0.468. The van der Waals surface area contributed by atoms with Crippen LogP contribution in [0, 0.1) is 11.8 Å². The van der Waals surface area contributed by atoms with Gasteiger partial charge < -0.3 is 14.2 Å². The van der Waals surface area contributed by atoms with Gasteiger partial charge in [-0.05, 0) is 18.2 Å². The molecule has 0 radical (unpaired) electrons. The highest BCUT2D eigenvalue weighted by atomic mass is 16.6. The summed E-state index contributed by atoms with van der Waals surface area (Å²) in [7, 11) is 0. The predicted octanol–water partition coefficient (Wildman–Crippen LogP) is 0.867. The number of ether oxygens (including phenoxy) is 3. The molecule has 4 unspecified atom stereocenters. The lowest BCUT2D eigenvalue weighted by Crippen LogP contribution is -2.42. The number of carbonyl (C=O) groups excluding carboxylic acids is 3. The zero-order valence-corrected chi connectivity index (χ0v) is 11.4. The fourth-order valence-corrected chi connectivity index (χ4v) is 3.31. The second-order valence-electron chi connectivity index (χ2n) is 5.58. The molecular weight excluding hydrogens is 288 g/mol. The Balaban J connectivity index is 1.53. The molecule has 4 rings (SSSR count). The van der Waals surface area contributed by atoms with Gasteiger partial charge in [-0.3, -0.25) is 9.59 Å². The average Bonchev–Trinajstić information content (AvgIpc) is 3.18. The summed E-state index contributed by atoms with van der Waals surface area (Å²) in [4.78, 5) is 35.6. The maximum Gasteiger partial charge on any atom is 0.338 e. The fourth-order valence-electron chi connectivity index (χ4n) is 3.31. The molecule has 2 saturated heterocycles. The molecule has 1 aromatic carbocycles. The minimum atomic E-state index is -1.09. The number of hydrogen-bond acceptors (Lipinski definition) is 6. The molecule has 4 atom stereocenters. The van der Waals surface area contributed by atoms with Crippen LogP contribution >= 0.6 is 0 Å². The third-order valence-corrected chi connectivity index (χ3v) is 4.33. The first-order chi connectivity index (χ1) is 10.6. The molecule has 2 fully saturated rings. The molecule has 0 spiro atoms. The van der Waals surface area contributed by atoms with E-state index in [2.05, 4.69) is 4.74 Å². The Morgan fingerprint density at radius 1 is 1.18 bits per heavy atom. The second kappa shape index (κ2) is 4.51. The van der Waals surface area contributed by atoms with E-state index < -0.39 is 41.4 Å². The van der Waals surface area contributed by atoms with Crippen LogP contribution in [0.15, 0.2) is 42.5 Å². The van der Waals surface area contributed by atoms with Crippen molar-refractivity contribution in [3.05, 3.63) is 48.0 Å². The molecular formula is C16H12O6. The molecule has 112 valence electrons. The van der Waals surface area contributed by atoms with Gasteiger partial charge in [0.1, 0.15) is 24.0 Å². The van der Waals surface area contributed by atoms with Gasteiger partial charge in [-0.1, -0.05) is 24.3 Å². The number of esters is 3. The highest BCUT2D eigenvalue weighted by Gasteiger charge is 2.67. The Hall–Kier alpha value is -2.47. The van der Waals surface area contributed by atoms with Crippen LogP contribution in [0.3, 0.4) is 0 Å². The summed E-state index contributed by atoms with van der Waals surface area (Å²) in [6, 6.07) is 8.54. The zero-order chi connectivity index (χ0) is 15.3. The van der Waals surface area contributed by atoms with Crippen LogP contribution in [0.5, 0.6) is 0 Å². The summed E-state index contributed by atoms with van der Waals surface area (Å²) < 4.78 is 15.7. The number of cyclic esters (lactones) is 2. The van der Waals surface area contributed by atoms with Crippen molar-refractivity contribution in [2.45, 2.75) is 11.7 Å². The topological polar surface area (TPSA) is 78.9 Å². The lowest BCUT2D eigenvalue weighted by molar-refractivity contribution is -0.159. The fraction of sp³-hybridized carbons (Fsp3) is 0.312. The van der Waals surface area contributed by atoms with Crippen molar-refractivity contribution < 1.29 is 28.6 Å². The summed E-state index contributed by atoms with van der Waals surface area (Å²) >= 11 is 0. The van der Waals surface area contributed by atoms with Gasteiger partial charge >= 0.3 is 17.9 Å². The first-order valence-corrected chi connectivity index (χ1v) is 6.96. The van der Waals surface area contributed by atoms with Crippen LogP contribution in [0.2, 0.25) is 0 Å². The molecule has 6 heteroatoms. The summed E-state index contributed by atoms with van der Waals surface area (Å²) in [5.41, 5.74) is -0.680. The maximum absolute atomic E-state index is 12.0. The van der Waals surface area contributed by atoms with E-state index in [1.165, 1.54) is 0 Å². The average molecular weight is 300 g/mol. The Morgan fingerprint density at radius 3 is 2.73 bits per heavy atom. The molecule has 3 aliphatic rings. The standard InChI is InChI=1S/C16H12O6/c17-13(9-4-2-1-3-5-9)20-8-16-7-6-10(22-16)11-12(16)15(19)21-14(11)18/h1-7,10-12H,8H2. The van der Waals surface area contributed by atoms with Crippen LogP contribution < -0.4 is 0 Å². The molecule has 0 amide bonds. The number of carbonyl (C=O) groups is 3. The predicted molar refractivity (Wildman–Crippen MR) is 71.5 cm³/mol. The second-order valence-corrected chi connectivity index (χ2v) is 5.58. The van der Waals surface area contributed by atoms with E-state index in [9.17, 15) is 14.4 Å². The van der Waals surface area contributed by atoms with Crippen LogP contribution in [0.4, 0.5) is 0 Å². The van der Waals surface area contributed by atoms with Crippen molar-refractivity contribution in [2.75, 3.05) is 6.61 Å². The van der Waals surface area contributed by atoms with E-state index in [0.717, 1.165) is 0 Å². The number of fused-ring (bicyclic) bond motifs is 5. The number of hydrogen-bond donors (Lipinski definition) is 0. The van der Waals surface area contributed by atoms with Crippen molar-refractivity contribution in [2.24, 2.45) is 11.8 Å². The highest BCUT2D eigenvalue weighted by Crippen LogP contribution is 2.51. The SMILES string of the molecule is O=C(OCC12C=CC(O1)C1C(=O)OC(=O)C12)c1ccccc1. The summed E-state index contributed by atoms with van der Waals surface area (Å²) in [6.07, 6.45) is 2.92. The number of rotatable bonds is 3. The largest absolute Gasteiger partial charge is 0.459 e. The molecule has 22 heavy (non-hydrogen) atoms. The molecule has 0 saturated carbocycles. The Kier molecular flexibility index (Phi) is 2.71. The summed E-state index contributed by atoms with van der Waals surface area (Å²) in [5.74, 6) is -3.05. The lowest BCUT2D eigenvalue weighted by Gasteiger charge is -2.26. The van der Waals surface area contributed by atoms with E-state index >= 15 is 0 Å². The minimum Gasteiger partial charge on any atom is -0.459 e. The molecule has 0 N–H and O–H groups in total. The smallest absolute Gasteiger partial charge is 0.338 e. The van der Waals surface area contributed by atoms with Crippen LogP contribution in [0.25, 0.3) is 0 Å². The van der Waals surface area contributed by atoms with Crippen LogP contribution in [0.1, 0.15) is 10.4 Å². The normalized spacial score (nSPS) is 34.6. The van der Waals surface area contributed by atoms with Crippen molar-refractivity contribution in [3.63, 3.8) is 0 Å². The van der Waals surface area contributed by atoms with E-state index in [-0.39, 0.29) is 6.61 Å². The van der Waals surface area contributed by atoms with Gasteiger partial charge in [-0.15, -0.1) is 0 Å². The van der Waals surface area contributed by atoms with Gasteiger partial charge in [0.05, 0.1) is 11.7 Å². The minimum absolute atomic E-state index is 0.128. The van der Waals surface area contributed by atoms with Crippen LogP contribution in [-0.4, -0.2) is 36.2 Å². The summed E-state index contributed by atoms with van der Waals surface area (Å²) in [6.45, 7) is -0.128. The molecule has 1 aromatic rings. The molecule has 3 heterocycles. The molecule has 0 aromatic heterocycles. The molecule has 3 aliphatic heterocycles. The van der Waals surface area contributed by atoms with Crippen molar-refractivity contribution in [3.8, 4) is 0 Å². The lowest BCUT2D eigenvalue weighted by atomic mass is 9.77. The zero-order valence-electron chi connectivity index (χ0n) is 11.4. The van der Waals surface area contributed by atoms with E-state index in [0.29, 0.717) is 5.56 Å². The third kappa shape index (κ3) is 1.74. The molecule has 0 aliphatic carbocycles. The highest BCUT2D eigenvalue weighted by molar-refractivity contribution is 5.99. The maximum atomic E-state index is 12.0. The number of benzene rings is 1. The van der Waals surface area contributed by atoms with Crippen molar-refractivity contribution in [1.29, 1.82) is 0 Å². The van der Waals surface area contributed by atoms with Gasteiger partial charge in [-0.2, -0.15) is 0 Å². The van der Waals surface area contributed by atoms with Gasteiger partial charge in [0.25, 0.3) is 0 Å². The monoisotopic (exact) mass is 300 g/mol. The van der Waals surface area contributed by atoms with Crippen molar-refractivity contribution in [1.82, 2.24) is 0 Å². The van der Waals surface area contributed by atoms with Crippen LogP contribution in [-0.2, 0) is 23.8 Å². The van der Waals surface area contributed by atoms with E-state index in [1.54, 1.807) is 42.5 Å². The van der Waals surface area contributed by atoms with Gasteiger partial charge in [0.15, 0.2) is 0 Å².